The molecule has 1 aromatic heterocycles. The number of carbonyl (C=O) groups is 3. The van der Waals surface area contributed by atoms with Gasteiger partial charge in [-0.25, -0.2) is 0 Å². The van der Waals surface area contributed by atoms with Crippen LogP contribution in [0.1, 0.15) is 34.5 Å². The molecule has 0 bridgehead atoms. The molecule has 0 spiro atoms. The number of fused-ring (bicyclic) bond motifs is 2. The van der Waals surface area contributed by atoms with E-state index in [0.29, 0.717) is 50.1 Å². The van der Waals surface area contributed by atoms with Crippen molar-refractivity contribution in [1.82, 2.24) is 15.1 Å². The molecule has 2 saturated heterocycles. The monoisotopic (exact) mass is 676 g/mol. The van der Waals surface area contributed by atoms with Gasteiger partial charge in [-0.3, -0.25) is 19.2 Å². The summed E-state index contributed by atoms with van der Waals surface area (Å²) in [6.07, 6.45) is 3.44. The van der Waals surface area contributed by atoms with E-state index < -0.39 is 5.91 Å². The highest BCUT2D eigenvalue weighted by atomic mass is 32.2. The smallest absolute Gasteiger partial charge is 0.287 e. The number of rotatable bonds is 7. The van der Waals surface area contributed by atoms with Crippen LogP contribution < -0.4 is 15.6 Å². The van der Waals surface area contributed by atoms with Gasteiger partial charge in [-0.05, 0) is 60.2 Å². The van der Waals surface area contributed by atoms with Crippen molar-refractivity contribution < 1.29 is 18.8 Å². The predicted octanol–water partition coefficient (Wildman–Crippen LogP) is 5.86. The second kappa shape index (κ2) is 15.4. The molecule has 0 unspecified atom stereocenters. The number of piperazine rings is 1. The van der Waals surface area contributed by atoms with E-state index in [1.165, 1.54) is 28.1 Å². The van der Waals surface area contributed by atoms with E-state index in [1.54, 1.807) is 17.0 Å². The zero-order chi connectivity index (χ0) is 34.3. The van der Waals surface area contributed by atoms with Gasteiger partial charge in [-0.15, -0.1) is 11.8 Å². The summed E-state index contributed by atoms with van der Waals surface area (Å²) in [6, 6.07) is 29.4. The topological polar surface area (TPSA) is 103 Å². The second-order valence-electron chi connectivity index (χ2n) is 12.3. The first-order valence-electron chi connectivity index (χ1n) is 16.5. The van der Waals surface area contributed by atoms with Crippen molar-refractivity contribution in [2.45, 2.75) is 31.2 Å². The lowest BCUT2D eigenvalue weighted by molar-refractivity contribution is -0.130. The molecule has 2 aliphatic rings. The maximum atomic E-state index is 12.8. The van der Waals surface area contributed by atoms with E-state index >= 15 is 0 Å². The first-order chi connectivity index (χ1) is 23.8. The number of aryl methyl sites for hydroxylation is 1. The van der Waals surface area contributed by atoms with Crippen LogP contribution in [0.25, 0.3) is 21.7 Å². The number of amides is 3. The van der Waals surface area contributed by atoms with Crippen LogP contribution in [-0.2, 0) is 16.1 Å². The average Bonchev–Trinajstić information content (AvgIpc) is 3.54. The molecule has 2 fully saturated rings. The number of likely N-dealkylation sites (tertiary alicyclic amines) is 1. The Kier molecular flexibility index (Phi) is 10.6. The largest absolute Gasteiger partial charge is 0.451 e. The Morgan fingerprint density at radius 3 is 2.35 bits per heavy atom. The summed E-state index contributed by atoms with van der Waals surface area (Å²) in [5.41, 5.74) is 3.55. The molecule has 4 aromatic carbocycles. The number of anilines is 1. The quantitative estimate of drug-likeness (QED) is 0.215. The van der Waals surface area contributed by atoms with Crippen LogP contribution in [-0.4, -0.2) is 73.0 Å². The minimum atomic E-state index is -0.602. The zero-order valence-corrected chi connectivity index (χ0v) is 28.6. The third-order valence-corrected chi connectivity index (χ3v) is 9.69. The van der Waals surface area contributed by atoms with Crippen molar-refractivity contribution in [1.29, 1.82) is 0 Å². The molecule has 1 N–H and O–H groups in total. The SMILES string of the molecule is CSc1ccc2oc(C(=O)NCC(=O)N3CCN(c4ccccc4CN4CCCC4=O)CC3)cc(=O)c2c1.Cc1ccc2ccccc2c1. The van der Waals surface area contributed by atoms with Gasteiger partial charge in [0.2, 0.25) is 11.8 Å². The van der Waals surface area contributed by atoms with Gasteiger partial charge in [0, 0.05) is 62.3 Å². The highest BCUT2D eigenvalue weighted by Gasteiger charge is 2.25. The van der Waals surface area contributed by atoms with E-state index in [0.717, 1.165) is 35.2 Å². The van der Waals surface area contributed by atoms with E-state index in [9.17, 15) is 19.2 Å². The van der Waals surface area contributed by atoms with Crippen molar-refractivity contribution in [3.05, 3.63) is 118 Å². The van der Waals surface area contributed by atoms with Crippen molar-refractivity contribution in [3.8, 4) is 0 Å². The fourth-order valence-corrected chi connectivity index (χ4v) is 6.70. The molecule has 0 atom stereocenters. The van der Waals surface area contributed by atoms with Crippen molar-refractivity contribution in [3.63, 3.8) is 0 Å². The van der Waals surface area contributed by atoms with Crippen LogP contribution in [0.3, 0.4) is 0 Å². The molecular formula is C39H40N4O5S. The summed E-state index contributed by atoms with van der Waals surface area (Å²) in [4.78, 5) is 56.8. The normalized spacial score (nSPS) is 14.6. The maximum Gasteiger partial charge on any atom is 0.287 e. The minimum absolute atomic E-state index is 0.120. The number of para-hydroxylation sites is 1. The Morgan fingerprint density at radius 1 is 0.837 bits per heavy atom. The minimum Gasteiger partial charge on any atom is -0.451 e. The fraction of sp³-hybridized carbons (Fsp3) is 0.282. The Labute approximate surface area is 289 Å². The van der Waals surface area contributed by atoms with Crippen molar-refractivity contribution in [2.75, 3.05) is 50.4 Å². The van der Waals surface area contributed by atoms with Gasteiger partial charge in [0.25, 0.3) is 5.91 Å². The van der Waals surface area contributed by atoms with Crippen LogP contribution >= 0.6 is 11.8 Å². The number of nitrogens with zero attached hydrogens (tertiary/aromatic N) is 3. The number of hydrogen-bond acceptors (Lipinski definition) is 7. The van der Waals surface area contributed by atoms with E-state index in [4.69, 9.17) is 4.42 Å². The van der Waals surface area contributed by atoms with Crippen molar-refractivity contribution in [2.24, 2.45) is 0 Å². The first-order valence-corrected chi connectivity index (χ1v) is 17.8. The van der Waals surface area contributed by atoms with Gasteiger partial charge in [-0.2, -0.15) is 0 Å². The Hall–Kier alpha value is -5.09. The van der Waals surface area contributed by atoms with Gasteiger partial charge in [0.1, 0.15) is 5.58 Å². The lowest BCUT2D eigenvalue weighted by Gasteiger charge is -2.37. The molecule has 10 heteroatoms. The molecule has 5 aromatic rings. The van der Waals surface area contributed by atoms with Crippen molar-refractivity contribution >= 4 is 56.9 Å². The maximum absolute atomic E-state index is 12.8. The second-order valence-corrected chi connectivity index (χ2v) is 13.2. The molecule has 49 heavy (non-hydrogen) atoms. The third-order valence-electron chi connectivity index (χ3n) is 8.96. The van der Waals surface area contributed by atoms with Crippen LogP contribution in [0.15, 0.2) is 105 Å². The Bertz CT molecular complexity index is 2050. The van der Waals surface area contributed by atoms with Gasteiger partial charge >= 0.3 is 0 Å². The standard InChI is InChI=1S/C28H30N4O5S.C11H10/c1-38-20-8-9-24-21(15-20)23(33)16-25(37-24)28(36)29-17-27(35)31-13-11-30(12-14-31)22-6-3-2-5-19(22)18-32-10-4-7-26(32)34;1-9-6-7-10-4-2-3-5-11(10)8-9/h2-3,5-6,8-9,15-16H,4,7,10-14,17-18H2,1H3,(H,29,36);2-8H,1H3. The summed E-state index contributed by atoms with van der Waals surface area (Å²) in [7, 11) is 0. The van der Waals surface area contributed by atoms with Gasteiger partial charge in [0.05, 0.1) is 11.9 Å². The molecule has 7 rings (SSSR count). The lowest BCUT2D eigenvalue weighted by atomic mass is 10.1. The summed E-state index contributed by atoms with van der Waals surface area (Å²) < 4.78 is 5.63. The van der Waals surface area contributed by atoms with Crippen LogP contribution in [0.4, 0.5) is 5.69 Å². The molecule has 3 amide bonds. The molecular weight excluding hydrogens is 637 g/mol. The number of hydrogen-bond donors (Lipinski definition) is 1. The molecule has 9 nitrogen and oxygen atoms in total. The molecule has 0 radical (unpaired) electrons. The summed E-state index contributed by atoms with van der Waals surface area (Å²) in [5.74, 6) is -0.716. The third kappa shape index (κ3) is 8.14. The van der Waals surface area contributed by atoms with Gasteiger partial charge in [-0.1, -0.05) is 66.2 Å². The number of benzene rings is 4. The average molecular weight is 677 g/mol. The summed E-state index contributed by atoms with van der Waals surface area (Å²) in [6.45, 7) is 5.69. The Morgan fingerprint density at radius 2 is 1.59 bits per heavy atom. The van der Waals surface area contributed by atoms with E-state index in [2.05, 4.69) is 71.7 Å². The Balaban J connectivity index is 0.000000319. The predicted molar refractivity (Wildman–Crippen MR) is 195 cm³/mol. The fourth-order valence-electron chi connectivity index (χ4n) is 6.26. The van der Waals surface area contributed by atoms with Crippen LogP contribution in [0.2, 0.25) is 0 Å². The summed E-state index contributed by atoms with van der Waals surface area (Å²) >= 11 is 1.51. The first kappa shape index (κ1) is 33.8. The highest BCUT2D eigenvalue weighted by molar-refractivity contribution is 7.98. The number of nitrogens with one attached hydrogen (secondary N) is 1. The van der Waals surface area contributed by atoms with Gasteiger partial charge < -0.3 is 24.4 Å². The van der Waals surface area contributed by atoms with E-state index in [-0.39, 0.29) is 29.5 Å². The number of carbonyl (C=O) groups excluding carboxylic acids is 3. The summed E-state index contributed by atoms with van der Waals surface area (Å²) in [5, 5.41) is 5.65. The molecule has 2 aliphatic heterocycles. The lowest BCUT2D eigenvalue weighted by Crippen LogP contribution is -2.51. The zero-order valence-electron chi connectivity index (χ0n) is 27.8. The van der Waals surface area contributed by atoms with Crippen LogP contribution in [0.5, 0.6) is 0 Å². The molecule has 0 aliphatic carbocycles. The van der Waals surface area contributed by atoms with Gasteiger partial charge in [0.15, 0.2) is 11.2 Å². The highest BCUT2D eigenvalue weighted by Crippen LogP contribution is 2.25. The number of thioether (sulfide) groups is 1. The molecule has 3 heterocycles. The molecule has 252 valence electrons. The van der Waals surface area contributed by atoms with Crippen LogP contribution in [0, 0.1) is 6.92 Å². The molecule has 0 saturated carbocycles. The van der Waals surface area contributed by atoms with E-state index in [1.807, 2.05) is 29.4 Å².